The number of nitrogens with two attached hydrogens (primary N) is 1. The summed E-state index contributed by atoms with van der Waals surface area (Å²) in [6.45, 7) is 3.80. The summed E-state index contributed by atoms with van der Waals surface area (Å²) in [5, 5.41) is 0. The molecule has 0 aliphatic rings. The van der Waals surface area contributed by atoms with Gasteiger partial charge in [0.1, 0.15) is 5.82 Å². The van der Waals surface area contributed by atoms with Crippen molar-refractivity contribution in [2.24, 2.45) is 5.73 Å². The van der Waals surface area contributed by atoms with Crippen molar-refractivity contribution >= 4 is 11.0 Å². The lowest BCUT2D eigenvalue weighted by Gasteiger charge is -2.10. The zero-order valence-corrected chi connectivity index (χ0v) is 13.9. The SMILES string of the molecule is CCCCCCn1c(CCN)nc2cc(OC)c(OC)cc21. The lowest BCUT2D eigenvalue weighted by atomic mass is 10.2. The quantitative estimate of drug-likeness (QED) is 0.723. The fourth-order valence-corrected chi connectivity index (χ4v) is 2.77. The molecule has 2 aromatic rings. The van der Waals surface area contributed by atoms with Crippen LogP contribution in [0.4, 0.5) is 0 Å². The lowest BCUT2D eigenvalue weighted by molar-refractivity contribution is 0.355. The highest BCUT2D eigenvalue weighted by molar-refractivity contribution is 5.80. The molecule has 5 nitrogen and oxygen atoms in total. The number of unbranched alkanes of at least 4 members (excludes halogenated alkanes) is 3. The van der Waals surface area contributed by atoms with Crippen molar-refractivity contribution in [1.82, 2.24) is 9.55 Å². The minimum atomic E-state index is 0.604. The lowest BCUT2D eigenvalue weighted by Crippen LogP contribution is -2.10. The monoisotopic (exact) mass is 305 g/mol. The number of aryl methyl sites for hydroxylation is 1. The van der Waals surface area contributed by atoms with Crippen LogP contribution in [0.3, 0.4) is 0 Å². The molecule has 0 amide bonds. The van der Waals surface area contributed by atoms with Gasteiger partial charge in [-0.1, -0.05) is 26.2 Å². The molecule has 5 heteroatoms. The minimum Gasteiger partial charge on any atom is -0.493 e. The molecule has 1 aromatic heterocycles. The van der Waals surface area contributed by atoms with Crippen molar-refractivity contribution in [2.45, 2.75) is 45.6 Å². The van der Waals surface area contributed by atoms with E-state index in [-0.39, 0.29) is 0 Å². The predicted molar refractivity (Wildman–Crippen MR) is 89.7 cm³/mol. The van der Waals surface area contributed by atoms with Gasteiger partial charge in [-0.25, -0.2) is 4.98 Å². The van der Waals surface area contributed by atoms with Crippen molar-refractivity contribution in [3.63, 3.8) is 0 Å². The van der Waals surface area contributed by atoms with Crippen LogP contribution < -0.4 is 15.2 Å². The summed E-state index contributed by atoms with van der Waals surface area (Å²) in [6, 6.07) is 3.96. The molecule has 0 fully saturated rings. The van der Waals surface area contributed by atoms with E-state index in [2.05, 4.69) is 11.5 Å². The molecule has 2 rings (SSSR count). The molecular formula is C17H27N3O2. The highest BCUT2D eigenvalue weighted by Crippen LogP contribution is 2.32. The molecule has 0 bridgehead atoms. The van der Waals surface area contributed by atoms with Crippen LogP contribution in [0.2, 0.25) is 0 Å². The average Bonchev–Trinajstić information content (AvgIpc) is 2.87. The molecule has 2 N–H and O–H groups in total. The highest BCUT2D eigenvalue weighted by atomic mass is 16.5. The number of methoxy groups -OCH3 is 2. The fraction of sp³-hybridized carbons (Fsp3) is 0.588. The number of fused-ring (bicyclic) bond motifs is 1. The number of aromatic nitrogens is 2. The van der Waals surface area contributed by atoms with Crippen LogP contribution in [0.25, 0.3) is 11.0 Å². The first-order valence-corrected chi connectivity index (χ1v) is 8.06. The first-order chi connectivity index (χ1) is 10.7. The van der Waals surface area contributed by atoms with Crippen LogP contribution in [0.15, 0.2) is 12.1 Å². The summed E-state index contributed by atoms with van der Waals surface area (Å²) >= 11 is 0. The Morgan fingerprint density at radius 2 is 1.82 bits per heavy atom. The molecule has 122 valence electrons. The molecule has 0 atom stereocenters. The standard InChI is InChI=1S/C17H27N3O2/c1-4-5-6-7-10-20-14-12-16(22-3)15(21-2)11-13(14)19-17(20)8-9-18/h11-12H,4-10,18H2,1-3H3. The van der Waals surface area contributed by atoms with E-state index in [1.54, 1.807) is 14.2 Å². The van der Waals surface area contributed by atoms with E-state index in [4.69, 9.17) is 20.2 Å². The Hall–Kier alpha value is -1.75. The van der Waals surface area contributed by atoms with Crippen molar-refractivity contribution in [3.8, 4) is 11.5 Å². The maximum atomic E-state index is 5.74. The normalized spacial score (nSPS) is 11.1. The molecule has 0 saturated heterocycles. The van der Waals surface area contributed by atoms with Gasteiger partial charge in [-0.15, -0.1) is 0 Å². The van der Waals surface area contributed by atoms with Gasteiger partial charge in [0, 0.05) is 25.1 Å². The second-order valence-corrected chi connectivity index (χ2v) is 5.47. The fourth-order valence-electron chi connectivity index (χ4n) is 2.77. The number of imidazole rings is 1. The number of rotatable bonds is 9. The molecule has 0 saturated carbocycles. The largest absolute Gasteiger partial charge is 0.493 e. The van der Waals surface area contributed by atoms with E-state index >= 15 is 0 Å². The Morgan fingerprint density at radius 3 is 2.45 bits per heavy atom. The van der Waals surface area contributed by atoms with Crippen molar-refractivity contribution in [2.75, 3.05) is 20.8 Å². The molecule has 0 radical (unpaired) electrons. The molecule has 22 heavy (non-hydrogen) atoms. The third-order valence-electron chi connectivity index (χ3n) is 3.94. The molecule has 0 aliphatic heterocycles. The second-order valence-electron chi connectivity index (χ2n) is 5.47. The van der Waals surface area contributed by atoms with Gasteiger partial charge >= 0.3 is 0 Å². The first-order valence-electron chi connectivity index (χ1n) is 8.06. The zero-order valence-electron chi connectivity index (χ0n) is 13.9. The second kappa shape index (κ2) is 8.03. The minimum absolute atomic E-state index is 0.604. The Balaban J connectivity index is 2.38. The molecule has 1 heterocycles. The third kappa shape index (κ3) is 3.53. The van der Waals surface area contributed by atoms with Crippen LogP contribution in [0, 0.1) is 0 Å². The van der Waals surface area contributed by atoms with Crippen LogP contribution in [-0.4, -0.2) is 30.3 Å². The van der Waals surface area contributed by atoms with E-state index in [0.29, 0.717) is 12.3 Å². The van der Waals surface area contributed by atoms with E-state index in [1.165, 1.54) is 19.3 Å². The number of benzene rings is 1. The Morgan fingerprint density at radius 1 is 1.09 bits per heavy atom. The summed E-state index contributed by atoms with van der Waals surface area (Å²) in [4.78, 5) is 4.73. The summed E-state index contributed by atoms with van der Waals surface area (Å²) in [7, 11) is 3.30. The van der Waals surface area contributed by atoms with Gasteiger partial charge in [0.25, 0.3) is 0 Å². The van der Waals surface area contributed by atoms with Crippen molar-refractivity contribution in [3.05, 3.63) is 18.0 Å². The molecule has 0 unspecified atom stereocenters. The maximum absolute atomic E-state index is 5.74. The molecule has 0 aliphatic carbocycles. The van der Waals surface area contributed by atoms with Crippen LogP contribution >= 0.6 is 0 Å². The van der Waals surface area contributed by atoms with Gasteiger partial charge < -0.3 is 19.8 Å². The van der Waals surface area contributed by atoms with Crippen LogP contribution in [0.1, 0.15) is 38.4 Å². The number of hydrogen-bond donors (Lipinski definition) is 1. The van der Waals surface area contributed by atoms with E-state index < -0.39 is 0 Å². The molecule has 0 spiro atoms. The van der Waals surface area contributed by atoms with Gasteiger partial charge in [0.2, 0.25) is 0 Å². The summed E-state index contributed by atoms with van der Waals surface area (Å²) in [5.41, 5.74) is 7.77. The number of nitrogens with zero attached hydrogens (tertiary/aromatic N) is 2. The summed E-state index contributed by atoms with van der Waals surface area (Å²) < 4.78 is 13.1. The average molecular weight is 305 g/mol. The molecular weight excluding hydrogens is 278 g/mol. The Bertz CT molecular complexity index is 607. The summed E-state index contributed by atoms with van der Waals surface area (Å²) in [6.07, 6.45) is 5.70. The predicted octanol–water partition coefficient (Wildman–Crippen LogP) is 3.14. The maximum Gasteiger partial charge on any atom is 0.163 e. The number of ether oxygens (including phenoxy) is 2. The van der Waals surface area contributed by atoms with Crippen molar-refractivity contribution < 1.29 is 9.47 Å². The Labute approximate surface area is 132 Å². The summed E-state index contributed by atoms with van der Waals surface area (Å²) in [5.74, 6) is 2.50. The van der Waals surface area contributed by atoms with E-state index in [1.807, 2.05) is 12.1 Å². The topological polar surface area (TPSA) is 62.3 Å². The first kappa shape index (κ1) is 16.6. The van der Waals surface area contributed by atoms with Crippen molar-refractivity contribution in [1.29, 1.82) is 0 Å². The third-order valence-corrected chi connectivity index (χ3v) is 3.94. The Kier molecular flexibility index (Phi) is 6.07. The van der Waals surface area contributed by atoms with E-state index in [9.17, 15) is 0 Å². The van der Waals surface area contributed by atoms with Gasteiger partial charge in [-0.05, 0) is 13.0 Å². The molecule has 1 aromatic carbocycles. The van der Waals surface area contributed by atoms with Crippen LogP contribution in [0.5, 0.6) is 11.5 Å². The van der Waals surface area contributed by atoms with Gasteiger partial charge in [0.15, 0.2) is 11.5 Å². The van der Waals surface area contributed by atoms with Crippen LogP contribution in [-0.2, 0) is 13.0 Å². The van der Waals surface area contributed by atoms with E-state index in [0.717, 1.165) is 42.0 Å². The van der Waals surface area contributed by atoms with Gasteiger partial charge in [-0.3, -0.25) is 0 Å². The van der Waals surface area contributed by atoms with Gasteiger partial charge in [-0.2, -0.15) is 0 Å². The zero-order chi connectivity index (χ0) is 15.9. The highest BCUT2D eigenvalue weighted by Gasteiger charge is 2.14. The number of hydrogen-bond acceptors (Lipinski definition) is 4. The smallest absolute Gasteiger partial charge is 0.163 e. The van der Waals surface area contributed by atoms with Gasteiger partial charge in [0.05, 0.1) is 25.3 Å².